The van der Waals surface area contributed by atoms with Gasteiger partial charge in [-0.1, -0.05) is 0 Å². The van der Waals surface area contributed by atoms with Crippen molar-refractivity contribution in [2.75, 3.05) is 26.8 Å². The molecule has 0 aliphatic heterocycles. The third-order valence-corrected chi connectivity index (χ3v) is 3.31. The summed E-state index contributed by atoms with van der Waals surface area (Å²) in [4.78, 5) is 4.40. The van der Waals surface area contributed by atoms with E-state index in [1.165, 1.54) is 5.01 Å². The van der Waals surface area contributed by atoms with Crippen molar-refractivity contribution in [3.05, 3.63) is 16.1 Å². The molecule has 0 fully saturated rings. The lowest BCUT2D eigenvalue weighted by Gasteiger charge is -2.11. The van der Waals surface area contributed by atoms with Crippen LogP contribution in [0.3, 0.4) is 0 Å². The molecule has 1 atom stereocenters. The molecule has 1 unspecified atom stereocenters. The lowest BCUT2D eigenvalue weighted by molar-refractivity contribution is 0.187. The van der Waals surface area contributed by atoms with Gasteiger partial charge in [0.2, 0.25) is 0 Å². The summed E-state index contributed by atoms with van der Waals surface area (Å²) < 4.78 is 4.97. The van der Waals surface area contributed by atoms with Crippen LogP contribution in [0.15, 0.2) is 5.38 Å². The van der Waals surface area contributed by atoms with E-state index in [0.717, 1.165) is 38.2 Å². The number of hydrogen-bond donors (Lipinski definition) is 2. The van der Waals surface area contributed by atoms with Crippen LogP contribution < -0.4 is 11.1 Å². The van der Waals surface area contributed by atoms with E-state index in [9.17, 15) is 0 Å². The van der Waals surface area contributed by atoms with Crippen molar-refractivity contribution in [2.45, 2.75) is 25.8 Å². The van der Waals surface area contributed by atoms with Gasteiger partial charge in [-0.15, -0.1) is 11.3 Å². The zero-order valence-electron chi connectivity index (χ0n) is 10.0. The minimum Gasteiger partial charge on any atom is -0.385 e. The van der Waals surface area contributed by atoms with Crippen LogP contribution in [0.2, 0.25) is 0 Å². The van der Waals surface area contributed by atoms with E-state index in [-0.39, 0.29) is 6.04 Å². The number of nitrogens with zero attached hydrogens (tertiary/aromatic N) is 1. The number of aryl methyl sites for hydroxylation is 1. The van der Waals surface area contributed by atoms with Crippen molar-refractivity contribution < 1.29 is 4.74 Å². The highest BCUT2D eigenvalue weighted by molar-refractivity contribution is 7.09. The fourth-order valence-corrected chi connectivity index (χ4v) is 2.15. The van der Waals surface area contributed by atoms with Crippen molar-refractivity contribution in [3.63, 3.8) is 0 Å². The Hall–Kier alpha value is -0.490. The van der Waals surface area contributed by atoms with E-state index >= 15 is 0 Å². The first-order valence-corrected chi connectivity index (χ1v) is 6.46. The van der Waals surface area contributed by atoms with Crippen LogP contribution in [-0.2, 0) is 11.2 Å². The number of hydrogen-bond acceptors (Lipinski definition) is 5. The van der Waals surface area contributed by atoms with Gasteiger partial charge >= 0.3 is 0 Å². The summed E-state index contributed by atoms with van der Waals surface area (Å²) in [7, 11) is 1.70. The van der Waals surface area contributed by atoms with E-state index in [1.54, 1.807) is 18.4 Å². The van der Waals surface area contributed by atoms with Crippen molar-refractivity contribution >= 4 is 11.3 Å². The molecule has 92 valence electrons. The van der Waals surface area contributed by atoms with Crippen molar-refractivity contribution in [2.24, 2.45) is 5.73 Å². The van der Waals surface area contributed by atoms with Crippen molar-refractivity contribution in [1.29, 1.82) is 0 Å². The van der Waals surface area contributed by atoms with Crippen LogP contribution >= 0.6 is 11.3 Å². The molecule has 16 heavy (non-hydrogen) atoms. The average Bonchev–Trinajstić information content (AvgIpc) is 2.67. The fourth-order valence-electron chi connectivity index (χ4n) is 1.37. The highest BCUT2D eigenvalue weighted by Crippen LogP contribution is 2.08. The van der Waals surface area contributed by atoms with E-state index in [2.05, 4.69) is 15.7 Å². The molecule has 0 aliphatic rings. The predicted octanol–water partition coefficient (Wildman–Crippen LogP) is 0.947. The number of methoxy groups -OCH3 is 1. The number of nitrogens with one attached hydrogen (secondary N) is 1. The van der Waals surface area contributed by atoms with Gasteiger partial charge in [0.15, 0.2) is 0 Å². The summed E-state index contributed by atoms with van der Waals surface area (Å²) in [5.74, 6) is 0. The Bertz CT molecular complexity index is 291. The van der Waals surface area contributed by atoms with E-state index in [4.69, 9.17) is 10.5 Å². The quantitative estimate of drug-likeness (QED) is 0.667. The van der Waals surface area contributed by atoms with Gasteiger partial charge in [0, 0.05) is 50.3 Å². The van der Waals surface area contributed by atoms with E-state index in [1.807, 2.05) is 6.92 Å². The molecule has 0 spiro atoms. The highest BCUT2D eigenvalue weighted by Gasteiger charge is 2.02. The molecule has 0 radical (unpaired) electrons. The third-order valence-electron chi connectivity index (χ3n) is 2.28. The standard InChI is InChI=1S/C11H21N3OS/c1-9-8-16-11(14-9)3-5-13-7-10(12)4-6-15-2/h8,10,13H,3-7,12H2,1-2H3. The summed E-state index contributed by atoms with van der Waals surface area (Å²) in [5, 5.41) is 6.61. The number of thiazole rings is 1. The zero-order valence-corrected chi connectivity index (χ0v) is 10.8. The highest BCUT2D eigenvalue weighted by atomic mass is 32.1. The van der Waals surface area contributed by atoms with Gasteiger partial charge in [-0.2, -0.15) is 0 Å². The summed E-state index contributed by atoms with van der Waals surface area (Å²) in [5.41, 5.74) is 7.00. The Morgan fingerprint density at radius 3 is 3.06 bits per heavy atom. The predicted molar refractivity (Wildman–Crippen MR) is 67.9 cm³/mol. The van der Waals surface area contributed by atoms with Gasteiger partial charge < -0.3 is 15.8 Å². The van der Waals surface area contributed by atoms with Crippen LogP contribution in [0.1, 0.15) is 17.1 Å². The number of nitrogens with two attached hydrogens (primary N) is 1. The molecule has 1 aromatic heterocycles. The first-order chi connectivity index (χ1) is 7.72. The largest absolute Gasteiger partial charge is 0.385 e. The monoisotopic (exact) mass is 243 g/mol. The minimum absolute atomic E-state index is 0.179. The van der Waals surface area contributed by atoms with Crippen LogP contribution in [0, 0.1) is 6.92 Å². The van der Waals surface area contributed by atoms with Crippen LogP contribution in [-0.4, -0.2) is 37.8 Å². The molecular weight excluding hydrogens is 222 g/mol. The molecule has 4 nitrogen and oxygen atoms in total. The van der Waals surface area contributed by atoms with Gasteiger partial charge in [-0.25, -0.2) is 4.98 Å². The van der Waals surface area contributed by atoms with E-state index < -0.39 is 0 Å². The third kappa shape index (κ3) is 5.55. The summed E-state index contributed by atoms with van der Waals surface area (Å²) in [6.07, 6.45) is 1.88. The topological polar surface area (TPSA) is 60.2 Å². The lowest BCUT2D eigenvalue weighted by atomic mass is 10.2. The maximum Gasteiger partial charge on any atom is 0.0940 e. The van der Waals surface area contributed by atoms with Gasteiger partial charge in [-0.3, -0.25) is 0 Å². The SMILES string of the molecule is COCCC(N)CNCCc1nc(C)cs1. The Morgan fingerprint density at radius 1 is 1.62 bits per heavy atom. The van der Waals surface area contributed by atoms with Crippen LogP contribution in [0.5, 0.6) is 0 Å². The maximum absolute atomic E-state index is 5.89. The van der Waals surface area contributed by atoms with Crippen LogP contribution in [0.4, 0.5) is 0 Å². The Kier molecular flexibility index (Phi) is 6.56. The Labute approximate surface area is 101 Å². The molecule has 1 rings (SSSR count). The van der Waals surface area contributed by atoms with Gasteiger partial charge in [0.25, 0.3) is 0 Å². The summed E-state index contributed by atoms with van der Waals surface area (Å²) >= 11 is 1.72. The van der Waals surface area contributed by atoms with Gasteiger partial charge in [-0.05, 0) is 13.3 Å². The zero-order chi connectivity index (χ0) is 11.8. The second-order valence-electron chi connectivity index (χ2n) is 3.88. The molecule has 0 amide bonds. The molecular formula is C11H21N3OS. The number of ether oxygens (including phenoxy) is 1. The number of aromatic nitrogens is 1. The van der Waals surface area contributed by atoms with Gasteiger partial charge in [0.05, 0.1) is 5.01 Å². The molecule has 0 saturated heterocycles. The molecule has 1 aromatic rings. The molecule has 0 saturated carbocycles. The van der Waals surface area contributed by atoms with Gasteiger partial charge in [0.1, 0.15) is 0 Å². The Morgan fingerprint density at radius 2 is 2.44 bits per heavy atom. The number of rotatable bonds is 8. The second-order valence-corrected chi connectivity index (χ2v) is 4.82. The molecule has 0 aromatic carbocycles. The fraction of sp³-hybridized carbons (Fsp3) is 0.727. The maximum atomic E-state index is 5.89. The normalized spacial score (nSPS) is 12.9. The first-order valence-electron chi connectivity index (χ1n) is 5.58. The molecule has 3 N–H and O–H groups in total. The minimum atomic E-state index is 0.179. The first kappa shape index (κ1) is 13.6. The molecule has 0 aliphatic carbocycles. The van der Waals surface area contributed by atoms with E-state index in [0.29, 0.717) is 0 Å². The van der Waals surface area contributed by atoms with Crippen LogP contribution in [0.25, 0.3) is 0 Å². The average molecular weight is 243 g/mol. The Balaban J connectivity index is 2.03. The summed E-state index contributed by atoms with van der Waals surface area (Å²) in [6.45, 7) is 4.53. The summed E-state index contributed by atoms with van der Waals surface area (Å²) in [6, 6.07) is 0.179. The smallest absolute Gasteiger partial charge is 0.0940 e. The van der Waals surface area contributed by atoms with Crippen molar-refractivity contribution in [3.8, 4) is 0 Å². The van der Waals surface area contributed by atoms with Crippen molar-refractivity contribution in [1.82, 2.24) is 10.3 Å². The lowest BCUT2D eigenvalue weighted by Crippen LogP contribution is -2.35. The molecule has 1 heterocycles. The molecule has 0 bridgehead atoms. The molecule has 5 heteroatoms. The second kappa shape index (κ2) is 7.73.